The molecule has 1 aromatic carbocycles. The fourth-order valence-corrected chi connectivity index (χ4v) is 4.45. The highest BCUT2D eigenvalue weighted by Gasteiger charge is 2.22. The van der Waals surface area contributed by atoms with E-state index in [1.54, 1.807) is 16.2 Å². The van der Waals surface area contributed by atoms with Gasteiger partial charge in [0.2, 0.25) is 0 Å². The quantitative estimate of drug-likeness (QED) is 0.901. The number of nitrogens with zero attached hydrogens (tertiary/aromatic N) is 1. The van der Waals surface area contributed by atoms with E-state index >= 15 is 0 Å². The summed E-state index contributed by atoms with van der Waals surface area (Å²) in [4.78, 5) is 15.2. The highest BCUT2D eigenvalue weighted by molar-refractivity contribution is 7.21. The van der Waals surface area contributed by atoms with Crippen LogP contribution in [0.2, 0.25) is 0 Å². The molecule has 3 rings (SSSR count). The molecule has 1 aromatic heterocycles. The molecule has 5 heteroatoms. The molecule has 0 bridgehead atoms. The van der Waals surface area contributed by atoms with Gasteiger partial charge in [0.05, 0.1) is 4.88 Å². The van der Waals surface area contributed by atoms with Crippen LogP contribution in [0.3, 0.4) is 0 Å². The maximum atomic E-state index is 12.6. The standard InChI is InChI=1S/C18H24N2OS.ClH/c1-20(2)18(21)17-15(12-13-8-4-3-7-11-19-13)14-9-5-6-10-16(14)22-17;/h5-6,9-10,13,19H,3-4,7-8,11-12H2,1-2H3;1H. The Bertz CT molecular complexity index is 660. The molecule has 1 saturated heterocycles. The van der Waals surface area contributed by atoms with Crippen LogP contribution < -0.4 is 5.32 Å². The number of rotatable bonds is 3. The van der Waals surface area contributed by atoms with Gasteiger partial charge in [0.25, 0.3) is 5.91 Å². The molecule has 1 atom stereocenters. The zero-order valence-corrected chi connectivity index (χ0v) is 15.4. The van der Waals surface area contributed by atoms with Gasteiger partial charge in [-0.2, -0.15) is 0 Å². The first-order valence-electron chi connectivity index (χ1n) is 8.12. The maximum absolute atomic E-state index is 12.6. The van der Waals surface area contributed by atoms with Crippen molar-refractivity contribution in [1.82, 2.24) is 10.2 Å². The fourth-order valence-electron chi connectivity index (χ4n) is 3.20. The van der Waals surface area contributed by atoms with E-state index in [4.69, 9.17) is 0 Å². The summed E-state index contributed by atoms with van der Waals surface area (Å²) in [7, 11) is 3.67. The van der Waals surface area contributed by atoms with Crippen LogP contribution >= 0.6 is 23.7 Å². The Balaban J connectivity index is 0.00000192. The lowest BCUT2D eigenvalue weighted by Gasteiger charge is -2.17. The molecule has 1 amide bonds. The second-order valence-electron chi connectivity index (χ2n) is 6.31. The smallest absolute Gasteiger partial charge is 0.263 e. The molecule has 0 saturated carbocycles. The first kappa shape index (κ1) is 18.2. The van der Waals surface area contributed by atoms with Gasteiger partial charge in [-0.15, -0.1) is 23.7 Å². The number of hydrogen-bond acceptors (Lipinski definition) is 3. The molecule has 3 nitrogen and oxygen atoms in total. The van der Waals surface area contributed by atoms with Gasteiger partial charge in [-0.1, -0.05) is 31.0 Å². The average Bonchev–Trinajstić information content (AvgIpc) is 2.69. The van der Waals surface area contributed by atoms with Gasteiger partial charge in [-0.25, -0.2) is 0 Å². The van der Waals surface area contributed by atoms with Crippen LogP contribution in [0.1, 0.15) is 40.9 Å². The predicted octanol–water partition coefficient (Wildman–Crippen LogP) is 4.10. The van der Waals surface area contributed by atoms with Crippen molar-refractivity contribution >= 4 is 39.7 Å². The molecular weight excluding hydrogens is 328 g/mol. The lowest BCUT2D eigenvalue weighted by atomic mass is 9.99. The molecule has 0 radical (unpaired) electrons. The number of carbonyl (C=O) groups is 1. The predicted molar refractivity (Wildman–Crippen MR) is 101 cm³/mol. The van der Waals surface area contributed by atoms with Gasteiger partial charge in [0.15, 0.2) is 0 Å². The molecular formula is C18H25ClN2OS. The number of amides is 1. The van der Waals surface area contributed by atoms with Gasteiger partial charge in [-0.05, 0) is 42.8 Å². The van der Waals surface area contributed by atoms with Crippen LogP contribution in [0.15, 0.2) is 24.3 Å². The minimum Gasteiger partial charge on any atom is -0.344 e. The van der Waals surface area contributed by atoms with E-state index < -0.39 is 0 Å². The molecule has 2 heterocycles. The lowest BCUT2D eigenvalue weighted by Crippen LogP contribution is -2.31. The third-order valence-corrected chi connectivity index (χ3v) is 5.61. The fraction of sp³-hybridized carbons (Fsp3) is 0.500. The third-order valence-electron chi connectivity index (χ3n) is 4.41. The maximum Gasteiger partial charge on any atom is 0.263 e. The molecule has 126 valence electrons. The van der Waals surface area contributed by atoms with Gasteiger partial charge in [0.1, 0.15) is 0 Å². The van der Waals surface area contributed by atoms with Crippen LogP contribution in [0.5, 0.6) is 0 Å². The molecule has 0 aliphatic carbocycles. The normalized spacial score (nSPS) is 18.3. The van der Waals surface area contributed by atoms with Crippen molar-refractivity contribution in [2.24, 2.45) is 0 Å². The Hall–Kier alpha value is -1.10. The molecule has 23 heavy (non-hydrogen) atoms. The summed E-state index contributed by atoms with van der Waals surface area (Å²) >= 11 is 1.64. The summed E-state index contributed by atoms with van der Waals surface area (Å²) in [5.74, 6) is 0.129. The van der Waals surface area contributed by atoms with Crippen molar-refractivity contribution in [3.63, 3.8) is 0 Å². The Morgan fingerprint density at radius 3 is 2.83 bits per heavy atom. The van der Waals surface area contributed by atoms with Crippen LogP contribution in [0.25, 0.3) is 10.1 Å². The van der Waals surface area contributed by atoms with Crippen molar-refractivity contribution < 1.29 is 4.79 Å². The van der Waals surface area contributed by atoms with Gasteiger partial charge in [0, 0.05) is 24.8 Å². The van der Waals surface area contributed by atoms with Gasteiger partial charge in [-0.3, -0.25) is 4.79 Å². The van der Waals surface area contributed by atoms with Crippen LogP contribution in [-0.4, -0.2) is 37.5 Å². The summed E-state index contributed by atoms with van der Waals surface area (Å²) in [5.41, 5.74) is 1.23. The van der Waals surface area contributed by atoms with E-state index in [-0.39, 0.29) is 18.3 Å². The first-order chi connectivity index (χ1) is 10.7. The number of benzene rings is 1. The number of thiophene rings is 1. The molecule has 0 spiro atoms. The third kappa shape index (κ3) is 4.06. The second kappa shape index (κ2) is 8.13. The minimum atomic E-state index is 0. The van der Waals surface area contributed by atoms with E-state index in [0.717, 1.165) is 17.8 Å². The molecule has 1 unspecified atom stereocenters. The molecule has 2 aromatic rings. The van der Waals surface area contributed by atoms with Crippen LogP contribution in [0, 0.1) is 0 Å². The summed E-state index contributed by atoms with van der Waals surface area (Å²) in [6, 6.07) is 8.90. The molecule has 1 aliphatic rings. The summed E-state index contributed by atoms with van der Waals surface area (Å²) in [6.45, 7) is 1.10. The average molecular weight is 353 g/mol. The monoisotopic (exact) mass is 352 g/mol. The Labute approximate surface area is 148 Å². The SMILES string of the molecule is CN(C)C(=O)c1sc2ccccc2c1CC1CCCCCN1.Cl. The van der Waals surface area contributed by atoms with E-state index in [1.807, 2.05) is 14.1 Å². The zero-order valence-electron chi connectivity index (χ0n) is 13.8. The van der Waals surface area contributed by atoms with Crippen LogP contribution in [0.4, 0.5) is 0 Å². The second-order valence-corrected chi connectivity index (χ2v) is 7.36. The number of fused-ring (bicyclic) bond motifs is 1. The zero-order chi connectivity index (χ0) is 15.5. The number of nitrogens with one attached hydrogen (secondary N) is 1. The summed E-state index contributed by atoms with van der Waals surface area (Å²) in [5, 5.41) is 4.91. The van der Waals surface area contributed by atoms with E-state index in [0.29, 0.717) is 6.04 Å². The van der Waals surface area contributed by atoms with Gasteiger partial charge >= 0.3 is 0 Å². The van der Waals surface area contributed by atoms with Crippen LogP contribution in [-0.2, 0) is 6.42 Å². The number of carbonyl (C=O) groups excluding carboxylic acids is 1. The number of halogens is 1. The largest absolute Gasteiger partial charge is 0.344 e. The van der Waals surface area contributed by atoms with Crippen molar-refractivity contribution in [1.29, 1.82) is 0 Å². The topological polar surface area (TPSA) is 32.3 Å². The molecule has 1 fully saturated rings. The first-order valence-corrected chi connectivity index (χ1v) is 8.94. The van der Waals surface area contributed by atoms with Crippen molar-refractivity contribution in [3.8, 4) is 0 Å². The molecule has 1 aliphatic heterocycles. The highest BCUT2D eigenvalue weighted by atomic mass is 35.5. The molecule has 1 N–H and O–H groups in total. The summed E-state index contributed by atoms with van der Waals surface area (Å²) in [6.07, 6.45) is 6.04. The minimum absolute atomic E-state index is 0. The summed E-state index contributed by atoms with van der Waals surface area (Å²) < 4.78 is 1.22. The Morgan fingerprint density at radius 1 is 1.26 bits per heavy atom. The van der Waals surface area contributed by atoms with Crippen molar-refractivity contribution in [2.75, 3.05) is 20.6 Å². The Kier molecular flexibility index (Phi) is 6.45. The Morgan fingerprint density at radius 2 is 2.04 bits per heavy atom. The lowest BCUT2D eigenvalue weighted by molar-refractivity contribution is 0.0831. The van der Waals surface area contributed by atoms with Crippen molar-refractivity contribution in [2.45, 2.75) is 38.1 Å². The number of hydrogen-bond donors (Lipinski definition) is 1. The van der Waals surface area contributed by atoms with E-state index in [1.165, 1.54) is 41.3 Å². The van der Waals surface area contributed by atoms with E-state index in [9.17, 15) is 4.79 Å². The van der Waals surface area contributed by atoms with Crippen molar-refractivity contribution in [3.05, 3.63) is 34.7 Å². The van der Waals surface area contributed by atoms with E-state index in [2.05, 4.69) is 29.6 Å². The highest BCUT2D eigenvalue weighted by Crippen LogP contribution is 2.33. The van der Waals surface area contributed by atoms with Gasteiger partial charge < -0.3 is 10.2 Å².